The number of nitrogens with zero attached hydrogens (tertiary/aromatic N) is 1. The number of halogens is 1. The van der Waals surface area contributed by atoms with Crippen LogP contribution in [0.4, 0.5) is 5.13 Å². The average Bonchev–Trinajstić information content (AvgIpc) is 2.78. The molecule has 0 saturated carbocycles. The van der Waals surface area contributed by atoms with Gasteiger partial charge in [0, 0.05) is 18.7 Å². The van der Waals surface area contributed by atoms with Crippen LogP contribution in [-0.4, -0.2) is 37.7 Å². The number of ether oxygens (including phenoxy) is 1. The fourth-order valence-corrected chi connectivity index (χ4v) is 2.50. The third-order valence-corrected chi connectivity index (χ3v) is 3.61. The van der Waals surface area contributed by atoms with Crippen molar-refractivity contribution < 1.29 is 9.53 Å². The van der Waals surface area contributed by atoms with E-state index in [1.165, 1.54) is 11.3 Å². The van der Waals surface area contributed by atoms with Gasteiger partial charge in [-0.1, -0.05) is 22.9 Å². The predicted molar refractivity (Wildman–Crippen MR) is 78.0 cm³/mol. The number of anilines is 1. The van der Waals surface area contributed by atoms with Gasteiger partial charge in [-0.05, 0) is 18.2 Å². The molecule has 1 amide bonds. The minimum atomic E-state index is -0.0886. The van der Waals surface area contributed by atoms with E-state index in [0.717, 1.165) is 10.2 Å². The van der Waals surface area contributed by atoms with Crippen molar-refractivity contribution in [2.45, 2.75) is 0 Å². The number of nitrogens with one attached hydrogen (secondary N) is 2. The molecule has 1 aromatic heterocycles. The van der Waals surface area contributed by atoms with Gasteiger partial charge in [-0.25, -0.2) is 4.98 Å². The molecule has 102 valence electrons. The molecule has 0 atom stereocenters. The van der Waals surface area contributed by atoms with Crippen LogP contribution in [0.25, 0.3) is 10.2 Å². The quantitative estimate of drug-likeness (QED) is 0.802. The van der Waals surface area contributed by atoms with Crippen molar-refractivity contribution in [1.82, 2.24) is 10.3 Å². The van der Waals surface area contributed by atoms with E-state index in [0.29, 0.717) is 23.3 Å². The second-order valence-electron chi connectivity index (χ2n) is 3.83. The first kappa shape index (κ1) is 14.0. The van der Waals surface area contributed by atoms with Gasteiger partial charge in [0.05, 0.1) is 23.4 Å². The summed E-state index contributed by atoms with van der Waals surface area (Å²) < 4.78 is 5.88. The minimum Gasteiger partial charge on any atom is -0.383 e. The van der Waals surface area contributed by atoms with Crippen LogP contribution in [0.2, 0.25) is 5.02 Å². The summed E-state index contributed by atoms with van der Waals surface area (Å²) in [7, 11) is 1.59. The van der Waals surface area contributed by atoms with Crippen LogP contribution < -0.4 is 10.6 Å². The summed E-state index contributed by atoms with van der Waals surface area (Å²) in [5.41, 5.74) is 0.833. The van der Waals surface area contributed by atoms with Crippen molar-refractivity contribution in [3.63, 3.8) is 0 Å². The number of aromatic nitrogens is 1. The Morgan fingerprint density at radius 3 is 3.16 bits per heavy atom. The summed E-state index contributed by atoms with van der Waals surface area (Å²) in [5.74, 6) is -0.0886. The number of amides is 1. The molecular weight excluding hydrogens is 286 g/mol. The standard InChI is InChI=1S/C12H14ClN3O2S/c1-18-5-4-14-11(17)7-15-12-16-9-6-8(13)2-3-10(9)19-12/h2-3,6H,4-5,7H2,1H3,(H,14,17)(H,15,16). The van der Waals surface area contributed by atoms with Gasteiger partial charge in [-0.15, -0.1) is 0 Å². The minimum absolute atomic E-state index is 0.0886. The van der Waals surface area contributed by atoms with Gasteiger partial charge in [0.1, 0.15) is 0 Å². The number of hydrogen-bond donors (Lipinski definition) is 2. The lowest BCUT2D eigenvalue weighted by Gasteiger charge is -2.04. The first-order chi connectivity index (χ1) is 9.19. The van der Waals surface area contributed by atoms with Crippen LogP contribution in [-0.2, 0) is 9.53 Å². The van der Waals surface area contributed by atoms with Crippen molar-refractivity contribution in [3.05, 3.63) is 23.2 Å². The highest BCUT2D eigenvalue weighted by molar-refractivity contribution is 7.22. The molecule has 2 N–H and O–H groups in total. The molecule has 0 unspecified atom stereocenters. The van der Waals surface area contributed by atoms with E-state index in [-0.39, 0.29) is 12.5 Å². The lowest BCUT2D eigenvalue weighted by molar-refractivity contribution is -0.119. The molecule has 1 aromatic carbocycles. The third kappa shape index (κ3) is 4.05. The number of carbonyl (C=O) groups is 1. The van der Waals surface area contributed by atoms with Gasteiger partial charge in [-0.2, -0.15) is 0 Å². The highest BCUT2D eigenvalue weighted by Gasteiger charge is 2.06. The Morgan fingerprint density at radius 1 is 1.53 bits per heavy atom. The molecular formula is C12H14ClN3O2S. The zero-order chi connectivity index (χ0) is 13.7. The highest BCUT2D eigenvalue weighted by Crippen LogP contribution is 2.27. The summed E-state index contributed by atoms with van der Waals surface area (Å²) in [5, 5.41) is 7.08. The summed E-state index contributed by atoms with van der Waals surface area (Å²) in [6, 6.07) is 5.54. The second-order valence-corrected chi connectivity index (χ2v) is 5.29. The molecule has 0 radical (unpaired) electrons. The van der Waals surface area contributed by atoms with E-state index >= 15 is 0 Å². The average molecular weight is 300 g/mol. The molecule has 19 heavy (non-hydrogen) atoms. The van der Waals surface area contributed by atoms with Gasteiger partial charge in [0.25, 0.3) is 0 Å². The van der Waals surface area contributed by atoms with Crippen LogP contribution in [0.1, 0.15) is 0 Å². The third-order valence-electron chi connectivity index (χ3n) is 2.38. The van der Waals surface area contributed by atoms with Crippen LogP contribution in [0.3, 0.4) is 0 Å². The number of thiazole rings is 1. The Labute approximate surface area is 119 Å². The number of carbonyl (C=O) groups excluding carboxylic acids is 1. The van der Waals surface area contributed by atoms with E-state index in [2.05, 4.69) is 15.6 Å². The number of methoxy groups -OCH3 is 1. The molecule has 0 aliphatic heterocycles. The summed E-state index contributed by atoms with van der Waals surface area (Å²) in [6.45, 7) is 1.20. The zero-order valence-corrected chi connectivity index (χ0v) is 12.0. The smallest absolute Gasteiger partial charge is 0.239 e. The van der Waals surface area contributed by atoms with Gasteiger partial charge < -0.3 is 15.4 Å². The normalized spacial score (nSPS) is 10.6. The Morgan fingerprint density at radius 2 is 2.37 bits per heavy atom. The SMILES string of the molecule is COCCNC(=O)CNc1nc2cc(Cl)ccc2s1. The van der Waals surface area contributed by atoms with E-state index < -0.39 is 0 Å². The number of benzene rings is 1. The lowest BCUT2D eigenvalue weighted by atomic mass is 10.3. The van der Waals surface area contributed by atoms with Crippen molar-refractivity contribution >= 4 is 44.2 Å². The maximum Gasteiger partial charge on any atom is 0.239 e. The molecule has 1 heterocycles. The van der Waals surface area contributed by atoms with Crippen LogP contribution in [0, 0.1) is 0 Å². The van der Waals surface area contributed by atoms with Gasteiger partial charge in [-0.3, -0.25) is 4.79 Å². The molecule has 0 aliphatic carbocycles. The van der Waals surface area contributed by atoms with E-state index in [9.17, 15) is 4.79 Å². The maximum atomic E-state index is 11.5. The predicted octanol–water partition coefficient (Wildman–Crippen LogP) is 2.12. The monoisotopic (exact) mass is 299 g/mol. The zero-order valence-electron chi connectivity index (χ0n) is 10.4. The number of rotatable bonds is 6. The molecule has 0 saturated heterocycles. The van der Waals surface area contributed by atoms with Crippen molar-refractivity contribution in [2.24, 2.45) is 0 Å². The summed E-state index contributed by atoms with van der Waals surface area (Å²) >= 11 is 7.39. The van der Waals surface area contributed by atoms with Crippen molar-refractivity contribution in [1.29, 1.82) is 0 Å². The fraction of sp³-hybridized carbons (Fsp3) is 0.333. The van der Waals surface area contributed by atoms with E-state index in [1.54, 1.807) is 13.2 Å². The number of fused-ring (bicyclic) bond motifs is 1. The summed E-state index contributed by atoms with van der Waals surface area (Å²) in [4.78, 5) is 15.8. The molecule has 0 bridgehead atoms. The van der Waals surface area contributed by atoms with Crippen LogP contribution >= 0.6 is 22.9 Å². The van der Waals surface area contributed by atoms with Crippen LogP contribution in [0.15, 0.2) is 18.2 Å². The molecule has 5 nitrogen and oxygen atoms in total. The molecule has 0 aliphatic rings. The Hall–Kier alpha value is -1.37. The Balaban J connectivity index is 1.89. The van der Waals surface area contributed by atoms with Gasteiger partial charge in [0.15, 0.2) is 5.13 Å². The Bertz CT molecular complexity index is 573. The topological polar surface area (TPSA) is 63.2 Å². The second kappa shape index (κ2) is 6.70. The summed E-state index contributed by atoms with van der Waals surface area (Å²) in [6.07, 6.45) is 0. The molecule has 7 heteroatoms. The Kier molecular flexibility index (Phi) is 4.95. The molecule has 0 fully saturated rings. The maximum absolute atomic E-state index is 11.5. The first-order valence-electron chi connectivity index (χ1n) is 5.74. The van der Waals surface area contributed by atoms with Gasteiger partial charge >= 0.3 is 0 Å². The lowest BCUT2D eigenvalue weighted by Crippen LogP contribution is -2.32. The highest BCUT2D eigenvalue weighted by atomic mass is 35.5. The molecule has 0 spiro atoms. The largest absolute Gasteiger partial charge is 0.383 e. The van der Waals surface area contributed by atoms with Crippen LogP contribution in [0.5, 0.6) is 0 Å². The fourth-order valence-electron chi connectivity index (χ4n) is 1.49. The number of hydrogen-bond acceptors (Lipinski definition) is 5. The molecule has 2 aromatic rings. The first-order valence-corrected chi connectivity index (χ1v) is 6.94. The van der Waals surface area contributed by atoms with E-state index in [4.69, 9.17) is 16.3 Å². The van der Waals surface area contributed by atoms with Crippen molar-refractivity contribution in [3.8, 4) is 0 Å². The van der Waals surface area contributed by atoms with E-state index in [1.807, 2.05) is 12.1 Å². The van der Waals surface area contributed by atoms with Gasteiger partial charge in [0.2, 0.25) is 5.91 Å². The van der Waals surface area contributed by atoms with Crippen molar-refractivity contribution in [2.75, 3.05) is 32.1 Å². The molecule has 2 rings (SSSR count).